The monoisotopic (exact) mass is 353 g/mol. The fraction of sp³-hybridized carbons (Fsp3) is 0.333. The summed E-state index contributed by atoms with van der Waals surface area (Å²) in [6.07, 6.45) is 2.03. The molecule has 0 aliphatic carbocycles. The Labute approximate surface area is 141 Å². The molecule has 3 rings (SSSR count). The highest BCUT2D eigenvalue weighted by atomic mass is 32.1. The van der Waals surface area contributed by atoms with Crippen LogP contribution in [0, 0.1) is 9.77 Å². The average molecular weight is 353 g/mol. The van der Waals surface area contributed by atoms with Crippen LogP contribution in [0.3, 0.4) is 0 Å². The van der Waals surface area contributed by atoms with Gasteiger partial charge in [0.1, 0.15) is 16.5 Å². The van der Waals surface area contributed by atoms with Crippen LogP contribution in [0.25, 0.3) is 5.69 Å². The zero-order valence-electron chi connectivity index (χ0n) is 12.3. The summed E-state index contributed by atoms with van der Waals surface area (Å²) in [6.45, 7) is 1.20. The van der Waals surface area contributed by atoms with Crippen LogP contribution in [-0.4, -0.2) is 29.7 Å². The van der Waals surface area contributed by atoms with Gasteiger partial charge in [0, 0.05) is 18.8 Å². The zero-order chi connectivity index (χ0) is 16.4. The van der Waals surface area contributed by atoms with Gasteiger partial charge in [0.25, 0.3) is 5.91 Å². The molecule has 0 bridgehead atoms. The zero-order valence-corrected chi connectivity index (χ0v) is 13.9. The molecule has 1 saturated heterocycles. The van der Waals surface area contributed by atoms with E-state index in [-0.39, 0.29) is 23.6 Å². The predicted molar refractivity (Wildman–Crippen MR) is 90.2 cm³/mol. The Kier molecular flexibility index (Phi) is 4.74. The Bertz CT molecular complexity index is 764. The van der Waals surface area contributed by atoms with Crippen molar-refractivity contribution >= 4 is 35.3 Å². The van der Waals surface area contributed by atoms with E-state index < -0.39 is 0 Å². The van der Waals surface area contributed by atoms with E-state index in [1.165, 1.54) is 12.1 Å². The van der Waals surface area contributed by atoms with Crippen molar-refractivity contribution in [2.75, 3.05) is 18.9 Å². The topological polar surface area (TPSA) is 69.3 Å². The van der Waals surface area contributed by atoms with Crippen LogP contribution >= 0.6 is 23.6 Å². The van der Waals surface area contributed by atoms with Crippen molar-refractivity contribution in [1.82, 2.24) is 9.88 Å². The molecule has 1 aliphatic rings. The molecule has 1 aliphatic heterocycles. The molecule has 1 fully saturated rings. The number of halogens is 1. The molecule has 0 spiro atoms. The van der Waals surface area contributed by atoms with Gasteiger partial charge in [-0.1, -0.05) is 11.3 Å². The Morgan fingerprint density at radius 3 is 2.87 bits per heavy atom. The van der Waals surface area contributed by atoms with Crippen LogP contribution in [0.15, 0.2) is 24.3 Å². The lowest BCUT2D eigenvalue weighted by Gasteiger charge is -2.10. The predicted octanol–water partition coefficient (Wildman–Crippen LogP) is 2.90. The van der Waals surface area contributed by atoms with Gasteiger partial charge in [-0.3, -0.25) is 9.36 Å². The third kappa shape index (κ3) is 3.44. The number of nitrogen functional groups attached to an aromatic ring is 1. The van der Waals surface area contributed by atoms with E-state index in [0.29, 0.717) is 21.1 Å². The first-order valence-corrected chi connectivity index (χ1v) is 8.46. The smallest absolute Gasteiger partial charge is 0.265 e. The number of hydrogen-bond acceptors (Lipinski definition) is 5. The standard InChI is InChI=1S/C15H16FN3O2S2/c16-9-3-5-10(6-4-9)19-13(17)12(23-15(19)22)14(20)18-8-11-2-1-7-21-11/h3-6,11H,1-2,7-8,17H2,(H,18,20). The lowest BCUT2D eigenvalue weighted by Crippen LogP contribution is -2.31. The number of amides is 1. The molecule has 1 aromatic heterocycles. The van der Waals surface area contributed by atoms with E-state index in [9.17, 15) is 9.18 Å². The van der Waals surface area contributed by atoms with Gasteiger partial charge in [-0.15, -0.1) is 0 Å². The molecule has 23 heavy (non-hydrogen) atoms. The number of hydrogen-bond donors (Lipinski definition) is 2. The first-order valence-electron chi connectivity index (χ1n) is 7.23. The number of benzene rings is 1. The van der Waals surface area contributed by atoms with Crippen LogP contribution in [0.4, 0.5) is 10.2 Å². The van der Waals surface area contributed by atoms with Crippen molar-refractivity contribution in [2.24, 2.45) is 0 Å². The molecular weight excluding hydrogens is 337 g/mol. The number of nitrogens with one attached hydrogen (secondary N) is 1. The second kappa shape index (κ2) is 6.77. The molecule has 0 radical (unpaired) electrons. The maximum atomic E-state index is 13.0. The van der Waals surface area contributed by atoms with Crippen molar-refractivity contribution < 1.29 is 13.9 Å². The molecular formula is C15H16FN3O2S2. The Balaban J connectivity index is 1.80. The summed E-state index contributed by atoms with van der Waals surface area (Å²) in [5.41, 5.74) is 6.71. The summed E-state index contributed by atoms with van der Waals surface area (Å²) in [4.78, 5) is 12.7. The summed E-state index contributed by atoms with van der Waals surface area (Å²) in [7, 11) is 0. The highest BCUT2D eigenvalue weighted by Crippen LogP contribution is 2.26. The van der Waals surface area contributed by atoms with Gasteiger partial charge >= 0.3 is 0 Å². The lowest BCUT2D eigenvalue weighted by molar-refractivity contribution is 0.0861. The fourth-order valence-corrected chi connectivity index (χ4v) is 3.76. The van der Waals surface area contributed by atoms with Gasteiger partial charge in [0.2, 0.25) is 0 Å². The number of anilines is 1. The van der Waals surface area contributed by atoms with Gasteiger partial charge in [-0.05, 0) is 49.3 Å². The van der Waals surface area contributed by atoms with Crippen LogP contribution in [-0.2, 0) is 4.74 Å². The normalized spacial score (nSPS) is 17.3. The minimum Gasteiger partial charge on any atom is -0.383 e. The number of carbonyl (C=O) groups is 1. The summed E-state index contributed by atoms with van der Waals surface area (Å²) in [5, 5.41) is 2.83. The summed E-state index contributed by atoms with van der Waals surface area (Å²) < 4.78 is 20.5. The Hall–Kier alpha value is -1.77. The minimum absolute atomic E-state index is 0.0623. The number of rotatable bonds is 4. The van der Waals surface area contributed by atoms with E-state index in [0.717, 1.165) is 30.8 Å². The maximum Gasteiger partial charge on any atom is 0.265 e. The van der Waals surface area contributed by atoms with Crippen LogP contribution in [0.5, 0.6) is 0 Å². The van der Waals surface area contributed by atoms with E-state index in [2.05, 4.69) is 5.32 Å². The lowest BCUT2D eigenvalue weighted by atomic mass is 10.2. The van der Waals surface area contributed by atoms with Gasteiger partial charge in [0.05, 0.1) is 6.10 Å². The average Bonchev–Trinajstić information content (AvgIpc) is 3.14. The van der Waals surface area contributed by atoms with Gasteiger partial charge in [0.15, 0.2) is 3.95 Å². The first kappa shape index (κ1) is 16.1. The molecule has 1 atom stereocenters. The summed E-state index contributed by atoms with van der Waals surface area (Å²) in [6, 6.07) is 5.79. The molecule has 2 aromatic rings. The molecule has 0 saturated carbocycles. The second-order valence-corrected chi connectivity index (χ2v) is 6.88. The summed E-state index contributed by atoms with van der Waals surface area (Å²) >= 11 is 6.43. The van der Waals surface area contributed by atoms with Crippen LogP contribution in [0.2, 0.25) is 0 Å². The fourth-order valence-electron chi connectivity index (χ4n) is 2.47. The van der Waals surface area contributed by atoms with E-state index in [4.69, 9.17) is 22.7 Å². The molecule has 1 unspecified atom stereocenters. The van der Waals surface area contributed by atoms with Gasteiger partial charge < -0.3 is 15.8 Å². The van der Waals surface area contributed by atoms with Crippen molar-refractivity contribution in [1.29, 1.82) is 0 Å². The minimum atomic E-state index is -0.344. The Morgan fingerprint density at radius 1 is 1.48 bits per heavy atom. The van der Waals surface area contributed by atoms with Crippen molar-refractivity contribution in [3.05, 3.63) is 38.9 Å². The van der Waals surface area contributed by atoms with E-state index in [1.807, 2.05) is 0 Å². The Morgan fingerprint density at radius 2 is 2.22 bits per heavy atom. The summed E-state index contributed by atoms with van der Waals surface area (Å²) in [5.74, 6) is -0.352. The molecule has 8 heteroatoms. The van der Waals surface area contributed by atoms with Crippen molar-refractivity contribution in [3.63, 3.8) is 0 Å². The van der Waals surface area contributed by atoms with E-state index in [1.54, 1.807) is 16.7 Å². The number of ether oxygens (including phenoxy) is 1. The molecule has 1 aromatic carbocycles. The maximum absolute atomic E-state index is 13.0. The third-order valence-electron chi connectivity index (χ3n) is 3.65. The van der Waals surface area contributed by atoms with E-state index >= 15 is 0 Å². The third-order valence-corrected chi connectivity index (χ3v) is 5.04. The molecule has 122 valence electrons. The molecule has 1 amide bonds. The van der Waals surface area contributed by atoms with Crippen LogP contribution in [0.1, 0.15) is 22.5 Å². The van der Waals surface area contributed by atoms with Crippen molar-refractivity contribution in [3.8, 4) is 5.69 Å². The number of carbonyl (C=O) groups excluding carboxylic acids is 1. The number of aromatic nitrogens is 1. The molecule has 5 nitrogen and oxygen atoms in total. The van der Waals surface area contributed by atoms with Crippen LogP contribution < -0.4 is 11.1 Å². The molecule has 2 heterocycles. The quantitative estimate of drug-likeness (QED) is 0.830. The van der Waals surface area contributed by atoms with Gasteiger partial charge in [-0.25, -0.2) is 4.39 Å². The highest BCUT2D eigenvalue weighted by molar-refractivity contribution is 7.73. The SMILES string of the molecule is Nc1c(C(=O)NCC2CCCO2)sc(=S)n1-c1ccc(F)cc1. The first-order chi connectivity index (χ1) is 11.1. The largest absolute Gasteiger partial charge is 0.383 e. The number of nitrogens with zero attached hydrogens (tertiary/aromatic N) is 1. The molecule has 3 N–H and O–H groups in total. The number of nitrogens with two attached hydrogens (primary N) is 1. The van der Waals surface area contributed by atoms with Crippen molar-refractivity contribution in [2.45, 2.75) is 18.9 Å². The number of thiazole rings is 1. The highest BCUT2D eigenvalue weighted by Gasteiger charge is 2.21. The second-order valence-electron chi connectivity index (χ2n) is 5.24. The van der Waals surface area contributed by atoms with Gasteiger partial charge in [-0.2, -0.15) is 0 Å².